The fraction of sp³-hybridized carbons (Fsp3) is 0.800. The zero-order valence-corrected chi connectivity index (χ0v) is 9.92. The van der Waals surface area contributed by atoms with Crippen molar-refractivity contribution in [2.45, 2.75) is 32.7 Å². The summed E-state index contributed by atoms with van der Waals surface area (Å²) in [5.74, 6) is 6.19. The lowest BCUT2D eigenvalue weighted by Gasteiger charge is -2.10. The van der Waals surface area contributed by atoms with E-state index in [0.29, 0.717) is 17.9 Å². The van der Waals surface area contributed by atoms with Crippen molar-refractivity contribution in [2.24, 2.45) is 16.8 Å². The van der Waals surface area contributed by atoms with Gasteiger partial charge in [0.15, 0.2) is 0 Å². The summed E-state index contributed by atoms with van der Waals surface area (Å²) in [7, 11) is 0. The Labute approximate surface area is 96.0 Å². The van der Waals surface area contributed by atoms with Crippen LogP contribution in [0.3, 0.4) is 0 Å². The largest absolute Gasteiger partial charge is 0.355 e. The molecule has 0 heterocycles. The second-order valence-electron chi connectivity index (χ2n) is 4.43. The lowest BCUT2D eigenvalue weighted by molar-refractivity contribution is -0.119. The van der Waals surface area contributed by atoms with Crippen LogP contribution in [0.4, 0.5) is 0 Å². The lowest BCUT2D eigenvalue weighted by Crippen LogP contribution is -2.43. The predicted molar refractivity (Wildman–Crippen MR) is 63.6 cm³/mol. The summed E-state index contributed by atoms with van der Waals surface area (Å²) < 4.78 is 0. The molecule has 0 saturated heterocycles. The summed E-state index contributed by atoms with van der Waals surface area (Å²) >= 11 is 0. The first-order valence-electron chi connectivity index (χ1n) is 5.66. The smallest absolute Gasteiger partial charge is 0.242 e. The Morgan fingerprint density at radius 1 is 1.50 bits per heavy atom. The van der Waals surface area contributed by atoms with Crippen molar-refractivity contribution in [1.29, 1.82) is 0 Å². The highest BCUT2D eigenvalue weighted by Gasteiger charge is 2.22. The summed E-state index contributed by atoms with van der Waals surface area (Å²) in [6, 6.07) is 0.376. The van der Waals surface area contributed by atoms with E-state index in [1.54, 1.807) is 0 Å². The molecule has 92 valence electrons. The van der Waals surface area contributed by atoms with E-state index < -0.39 is 0 Å². The number of nitrogens with two attached hydrogens (primary N) is 1. The van der Waals surface area contributed by atoms with E-state index in [-0.39, 0.29) is 12.5 Å². The minimum absolute atomic E-state index is 0.0541. The second-order valence-corrected chi connectivity index (χ2v) is 4.43. The first-order chi connectivity index (χ1) is 7.61. The molecule has 0 aromatic heterocycles. The van der Waals surface area contributed by atoms with Crippen molar-refractivity contribution in [3.63, 3.8) is 0 Å². The van der Waals surface area contributed by atoms with Crippen LogP contribution in [0, 0.1) is 5.92 Å². The normalized spacial score (nSPS) is 16.1. The molecule has 16 heavy (non-hydrogen) atoms. The number of rotatable bonds is 5. The van der Waals surface area contributed by atoms with Crippen LogP contribution in [-0.4, -0.2) is 31.0 Å². The van der Waals surface area contributed by atoms with Gasteiger partial charge in [-0.2, -0.15) is 0 Å². The van der Waals surface area contributed by atoms with Gasteiger partial charge < -0.3 is 10.6 Å². The minimum Gasteiger partial charge on any atom is -0.355 e. The number of hydrogen-bond donors (Lipinski definition) is 4. The van der Waals surface area contributed by atoms with Crippen molar-refractivity contribution in [3.05, 3.63) is 0 Å². The molecule has 0 atom stereocenters. The third kappa shape index (κ3) is 5.55. The van der Waals surface area contributed by atoms with Crippen LogP contribution in [0.25, 0.3) is 0 Å². The van der Waals surface area contributed by atoms with Crippen LogP contribution in [0.5, 0.6) is 0 Å². The first kappa shape index (κ1) is 12.8. The summed E-state index contributed by atoms with van der Waals surface area (Å²) in [5, 5.41) is 5.88. The van der Waals surface area contributed by atoms with Crippen LogP contribution in [0.2, 0.25) is 0 Å². The SMILES string of the molecule is CC(C)CNC(=NCC(=O)NC1CC1)NN. The maximum atomic E-state index is 11.3. The molecule has 1 amide bonds. The first-order valence-corrected chi connectivity index (χ1v) is 5.66. The predicted octanol–water partition coefficient (Wildman–Crippen LogP) is -0.670. The summed E-state index contributed by atoms with van der Waals surface area (Å²) in [5.41, 5.74) is 2.44. The van der Waals surface area contributed by atoms with Crippen molar-refractivity contribution in [3.8, 4) is 0 Å². The number of hydrazine groups is 1. The van der Waals surface area contributed by atoms with Gasteiger partial charge in [0.1, 0.15) is 6.54 Å². The highest BCUT2D eigenvalue weighted by atomic mass is 16.2. The Balaban J connectivity index is 2.24. The van der Waals surface area contributed by atoms with E-state index >= 15 is 0 Å². The summed E-state index contributed by atoms with van der Waals surface area (Å²) in [6.07, 6.45) is 2.17. The van der Waals surface area contributed by atoms with Crippen LogP contribution in [0.15, 0.2) is 4.99 Å². The number of hydrogen-bond acceptors (Lipinski definition) is 3. The maximum Gasteiger partial charge on any atom is 0.242 e. The molecule has 1 fully saturated rings. The van der Waals surface area contributed by atoms with Crippen LogP contribution < -0.4 is 21.9 Å². The van der Waals surface area contributed by atoms with Crippen molar-refractivity contribution >= 4 is 11.9 Å². The fourth-order valence-electron chi connectivity index (χ4n) is 1.11. The molecule has 0 aliphatic heterocycles. The second kappa shape index (κ2) is 6.32. The van der Waals surface area contributed by atoms with E-state index in [4.69, 9.17) is 5.84 Å². The van der Waals surface area contributed by atoms with Crippen LogP contribution >= 0.6 is 0 Å². The molecule has 0 unspecified atom stereocenters. The zero-order chi connectivity index (χ0) is 12.0. The van der Waals surface area contributed by atoms with E-state index in [1.165, 1.54) is 0 Å². The molecular formula is C10H21N5O. The Morgan fingerprint density at radius 2 is 2.19 bits per heavy atom. The molecule has 0 spiro atoms. The van der Waals surface area contributed by atoms with Gasteiger partial charge in [-0.25, -0.2) is 10.8 Å². The number of nitrogens with zero attached hydrogens (tertiary/aromatic N) is 1. The number of carbonyl (C=O) groups is 1. The van der Waals surface area contributed by atoms with E-state index in [0.717, 1.165) is 19.4 Å². The van der Waals surface area contributed by atoms with E-state index in [9.17, 15) is 4.79 Å². The molecule has 6 heteroatoms. The molecule has 0 radical (unpaired) electrons. The van der Waals surface area contributed by atoms with Crippen LogP contribution in [-0.2, 0) is 4.79 Å². The van der Waals surface area contributed by atoms with Gasteiger partial charge in [-0.3, -0.25) is 10.2 Å². The van der Waals surface area contributed by atoms with E-state index in [2.05, 4.69) is 34.9 Å². The molecular weight excluding hydrogens is 206 g/mol. The average Bonchev–Trinajstić information content (AvgIpc) is 3.01. The van der Waals surface area contributed by atoms with Crippen molar-refractivity contribution < 1.29 is 4.79 Å². The highest BCUT2D eigenvalue weighted by molar-refractivity contribution is 5.84. The summed E-state index contributed by atoms with van der Waals surface area (Å²) in [4.78, 5) is 15.4. The number of nitrogens with one attached hydrogen (secondary N) is 3. The number of amides is 1. The van der Waals surface area contributed by atoms with Gasteiger partial charge in [0.05, 0.1) is 0 Å². The van der Waals surface area contributed by atoms with Gasteiger partial charge in [-0.05, 0) is 18.8 Å². The standard InChI is InChI=1S/C10H21N5O/c1-7(2)5-12-10(15-11)13-6-9(16)14-8-3-4-8/h7-8H,3-6,11H2,1-2H3,(H,14,16)(H2,12,13,15). The maximum absolute atomic E-state index is 11.3. The van der Waals surface area contributed by atoms with Crippen molar-refractivity contribution in [1.82, 2.24) is 16.1 Å². The minimum atomic E-state index is -0.0541. The highest BCUT2D eigenvalue weighted by Crippen LogP contribution is 2.18. The molecule has 5 N–H and O–H groups in total. The Morgan fingerprint density at radius 3 is 2.69 bits per heavy atom. The number of carbonyl (C=O) groups excluding carboxylic acids is 1. The number of aliphatic imine (C=N–C) groups is 1. The third-order valence-corrected chi connectivity index (χ3v) is 2.14. The molecule has 6 nitrogen and oxygen atoms in total. The zero-order valence-electron chi connectivity index (χ0n) is 9.92. The molecule has 1 saturated carbocycles. The van der Waals surface area contributed by atoms with Gasteiger partial charge in [-0.1, -0.05) is 13.8 Å². The van der Waals surface area contributed by atoms with Gasteiger partial charge in [0.2, 0.25) is 11.9 Å². The Kier molecular flexibility index (Phi) is 5.04. The molecule has 1 aliphatic rings. The van der Waals surface area contributed by atoms with Crippen LogP contribution in [0.1, 0.15) is 26.7 Å². The quantitative estimate of drug-likeness (QED) is 0.217. The number of guanidine groups is 1. The van der Waals surface area contributed by atoms with Gasteiger partial charge in [0.25, 0.3) is 0 Å². The lowest BCUT2D eigenvalue weighted by atomic mass is 10.2. The Bertz CT molecular complexity index is 260. The van der Waals surface area contributed by atoms with Crippen molar-refractivity contribution in [2.75, 3.05) is 13.1 Å². The molecule has 0 bridgehead atoms. The topological polar surface area (TPSA) is 91.5 Å². The average molecular weight is 227 g/mol. The van der Waals surface area contributed by atoms with Gasteiger partial charge >= 0.3 is 0 Å². The molecule has 1 aliphatic carbocycles. The third-order valence-electron chi connectivity index (χ3n) is 2.14. The van der Waals surface area contributed by atoms with Gasteiger partial charge in [-0.15, -0.1) is 0 Å². The van der Waals surface area contributed by atoms with Gasteiger partial charge in [0, 0.05) is 12.6 Å². The fourth-order valence-corrected chi connectivity index (χ4v) is 1.11. The monoisotopic (exact) mass is 227 g/mol. The Hall–Kier alpha value is -1.30. The molecule has 0 aromatic carbocycles. The summed E-state index contributed by atoms with van der Waals surface area (Å²) in [6.45, 7) is 5.05. The molecule has 1 rings (SSSR count). The molecule has 0 aromatic rings. The van der Waals surface area contributed by atoms with E-state index in [1.807, 2.05) is 0 Å².